The molecule has 0 amide bonds. The number of benzene rings is 2. The third-order valence-corrected chi connectivity index (χ3v) is 5.64. The van der Waals surface area contributed by atoms with Crippen LogP contribution in [-0.4, -0.2) is 19.3 Å². The molecule has 0 spiro atoms. The van der Waals surface area contributed by atoms with Crippen LogP contribution < -0.4 is 9.41 Å². The van der Waals surface area contributed by atoms with Gasteiger partial charge < -0.3 is 14.3 Å². The number of carbonyl (C=O) groups is 1. The van der Waals surface area contributed by atoms with Crippen LogP contribution in [0.4, 0.5) is 11.4 Å². The molecule has 0 fully saturated rings. The minimum Gasteiger partial charge on any atom is -0.545 e. The van der Waals surface area contributed by atoms with Gasteiger partial charge in [0.15, 0.2) is 0 Å². The molecule has 0 N–H and O–H groups in total. The van der Waals surface area contributed by atoms with Crippen LogP contribution in [0.25, 0.3) is 0 Å². The predicted octanol–water partition coefficient (Wildman–Crippen LogP) is 1.95. The normalized spacial score (nSPS) is 11.1. The van der Waals surface area contributed by atoms with Gasteiger partial charge in [-0.2, -0.15) is 0 Å². The largest absolute Gasteiger partial charge is 0.545 e. The molecule has 0 aliphatic heterocycles. The van der Waals surface area contributed by atoms with Crippen molar-refractivity contribution in [3.8, 4) is 0 Å². The first-order valence-corrected chi connectivity index (χ1v) is 9.34. The molecule has 2 aromatic carbocycles. The standard InChI is InChI=1S/C18H14N2O7S/c21-18(22)16-8-1-2-9-17(16)19(12-14-6-4-10-27-14)28(25,26)15-7-3-5-13(11-15)20(23)24/h1-11H,12H2,(H,21,22)/p-1. The SMILES string of the molecule is O=C([O-])c1ccccc1N(Cc1ccco1)S(=O)(=O)c1cccc([N+](=O)[O-])c1. The lowest BCUT2D eigenvalue weighted by molar-refractivity contribution is -0.385. The lowest BCUT2D eigenvalue weighted by atomic mass is 10.2. The van der Waals surface area contributed by atoms with Crippen molar-refractivity contribution in [1.82, 2.24) is 0 Å². The maximum absolute atomic E-state index is 13.3. The minimum atomic E-state index is -4.36. The number of aromatic carboxylic acids is 1. The highest BCUT2D eigenvalue weighted by atomic mass is 32.2. The van der Waals surface area contributed by atoms with Gasteiger partial charge in [0.2, 0.25) is 0 Å². The van der Waals surface area contributed by atoms with E-state index < -0.39 is 26.6 Å². The Morgan fingerprint density at radius 3 is 2.46 bits per heavy atom. The second-order valence-electron chi connectivity index (χ2n) is 5.65. The molecule has 0 atom stereocenters. The zero-order chi connectivity index (χ0) is 20.3. The summed E-state index contributed by atoms with van der Waals surface area (Å²) in [7, 11) is -4.36. The van der Waals surface area contributed by atoms with Gasteiger partial charge in [0, 0.05) is 17.7 Å². The average molecular weight is 401 g/mol. The van der Waals surface area contributed by atoms with Crippen molar-refractivity contribution in [3.63, 3.8) is 0 Å². The molecule has 144 valence electrons. The Morgan fingerprint density at radius 1 is 1.07 bits per heavy atom. The van der Waals surface area contributed by atoms with E-state index in [1.165, 1.54) is 48.7 Å². The van der Waals surface area contributed by atoms with E-state index in [1.54, 1.807) is 6.07 Å². The summed E-state index contributed by atoms with van der Waals surface area (Å²) in [4.78, 5) is 21.4. The Bertz CT molecular complexity index is 1120. The number of furan rings is 1. The van der Waals surface area contributed by atoms with E-state index in [0.29, 0.717) is 0 Å². The summed E-state index contributed by atoms with van der Waals surface area (Å²) in [6.45, 7) is -0.317. The molecule has 3 aromatic rings. The van der Waals surface area contributed by atoms with Crippen LogP contribution in [0.1, 0.15) is 16.1 Å². The first-order chi connectivity index (χ1) is 13.3. The molecular weight excluding hydrogens is 388 g/mol. The number of nitro benzene ring substituents is 1. The molecule has 0 saturated heterocycles. The zero-order valence-corrected chi connectivity index (χ0v) is 15.0. The van der Waals surface area contributed by atoms with Crippen LogP contribution in [-0.2, 0) is 16.6 Å². The highest BCUT2D eigenvalue weighted by molar-refractivity contribution is 7.92. The van der Waals surface area contributed by atoms with E-state index in [1.807, 2.05) is 0 Å². The van der Waals surface area contributed by atoms with Gasteiger partial charge >= 0.3 is 0 Å². The topological polar surface area (TPSA) is 134 Å². The second kappa shape index (κ2) is 7.53. The van der Waals surface area contributed by atoms with Crippen molar-refractivity contribution in [3.05, 3.63) is 88.4 Å². The molecule has 0 aliphatic rings. The molecule has 1 aromatic heterocycles. The van der Waals surface area contributed by atoms with Gasteiger partial charge in [-0.1, -0.05) is 24.3 Å². The number of carboxylic acid groups (broad SMARTS) is 1. The molecular formula is C18H13N2O7S-. The third-order valence-electron chi connectivity index (χ3n) is 3.89. The summed E-state index contributed by atoms with van der Waals surface area (Å²) in [6.07, 6.45) is 1.35. The fourth-order valence-corrected chi connectivity index (χ4v) is 4.08. The summed E-state index contributed by atoms with van der Waals surface area (Å²) < 4.78 is 32.5. The number of anilines is 1. The number of para-hydroxylation sites is 1. The number of hydrogen-bond acceptors (Lipinski definition) is 7. The van der Waals surface area contributed by atoms with E-state index >= 15 is 0 Å². The first kappa shape index (κ1) is 19.1. The second-order valence-corrected chi connectivity index (χ2v) is 7.51. The molecule has 28 heavy (non-hydrogen) atoms. The third kappa shape index (κ3) is 3.71. The van der Waals surface area contributed by atoms with Crippen molar-refractivity contribution in [2.45, 2.75) is 11.4 Å². The Hall–Kier alpha value is -3.66. The van der Waals surface area contributed by atoms with E-state index in [-0.39, 0.29) is 28.5 Å². The Morgan fingerprint density at radius 2 is 1.82 bits per heavy atom. The molecule has 0 saturated carbocycles. The van der Waals surface area contributed by atoms with E-state index in [4.69, 9.17) is 4.42 Å². The van der Waals surface area contributed by atoms with Crippen LogP contribution in [0.3, 0.4) is 0 Å². The number of non-ortho nitro benzene ring substituents is 1. The molecule has 0 aliphatic carbocycles. The monoisotopic (exact) mass is 401 g/mol. The Labute approximate surface area is 159 Å². The molecule has 9 nitrogen and oxygen atoms in total. The fourth-order valence-electron chi connectivity index (χ4n) is 2.59. The lowest BCUT2D eigenvalue weighted by Crippen LogP contribution is -2.33. The molecule has 0 unspecified atom stereocenters. The number of carbonyl (C=O) groups excluding carboxylic acids is 1. The van der Waals surface area contributed by atoms with Crippen LogP contribution in [0.2, 0.25) is 0 Å². The molecule has 1 heterocycles. The molecule has 3 rings (SSSR count). The minimum absolute atomic E-state index is 0.148. The molecule has 0 bridgehead atoms. The van der Waals surface area contributed by atoms with Crippen molar-refractivity contribution < 1.29 is 27.7 Å². The van der Waals surface area contributed by atoms with Crippen molar-refractivity contribution in [1.29, 1.82) is 0 Å². The summed E-state index contributed by atoms with van der Waals surface area (Å²) in [6, 6.07) is 13.0. The van der Waals surface area contributed by atoms with Crippen LogP contribution >= 0.6 is 0 Å². The highest BCUT2D eigenvalue weighted by Crippen LogP contribution is 2.30. The van der Waals surface area contributed by atoms with Gasteiger partial charge in [-0.15, -0.1) is 0 Å². The number of nitrogens with zero attached hydrogens (tertiary/aromatic N) is 2. The average Bonchev–Trinajstić information content (AvgIpc) is 3.19. The number of hydrogen-bond donors (Lipinski definition) is 0. The number of carboxylic acids is 1. The quantitative estimate of drug-likeness (QED) is 0.436. The van der Waals surface area contributed by atoms with Crippen molar-refractivity contribution in [2.24, 2.45) is 0 Å². The van der Waals surface area contributed by atoms with Crippen molar-refractivity contribution >= 4 is 27.4 Å². The fraction of sp³-hybridized carbons (Fsp3) is 0.0556. The predicted molar refractivity (Wildman–Crippen MR) is 95.9 cm³/mol. The summed E-state index contributed by atoms with van der Waals surface area (Å²) in [5.74, 6) is -1.31. The summed E-state index contributed by atoms with van der Waals surface area (Å²) >= 11 is 0. The maximum atomic E-state index is 13.3. The maximum Gasteiger partial charge on any atom is 0.270 e. The van der Waals surface area contributed by atoms with Gasteiger partial charge in [0.05, 0.1) is 34.3 Å². The van der Waals surface area contributed by atoms with Gasteiger partial charge in [-0.25, -0.2) is 8.42 Å². The zero-order valence-electron chi connectivity index (χ0n) is 14.2. The lowest BCUT2D eigenvalue weighted by Gasteiger charge is -2.26. The highest BCUT2D eigenvalue weighted by Gasteiger charge is 2.29. The number of rotatable bonds is 7. The van der Waals surface area contributed by atoms with Crippen LogP contribution in [0.5, 0.6) is 0 Å². The van der Waals surface area contributed by atoms with E-state index in [9.17, 15) is 28.4 Å². The Kier molecular flexibility index (Phi) is 5.14. The first-order valence-electron chi connectivity index (χ1n) is 7.90. The van der Waals surface area contributed by atoms with Gasteiger partial charge in [-0.3, -0.25) is 14.4 Å². The summed E-state index contributed by atoms with van der Waals surface area (Å²) in [5.41, 5.74) is -0.902. The van der Waals surface area contributed by atoms with Gasteiger partial charge in [0.25, 0.3) is 15.7 Å². The van der Waals surface area contributed by atoms with Gasteiger partial charge in [-0.05, 0) is 24.3 Å². The van der Waals surface area contributed by atoms with E-state index in [2.05, 4.69) is 0 Å². The van der Waals surface area contributed by atoms with Crippen LogP contribution in [0.15, 0.2) is 76.2 Å². The smallest absolute Gasteiger partial charge is 0.270 e. The van der Waals surface area contributed by atoms with Crippen molar-refractivity contribution in [2.75, 3.05) is 4.31 Å². The van der Waals surface area contributed by atoms with Crippen LogP contribution in [0, 0.1) is 10.1 Å². The summed E-state index contributed by atoms with van der Waals surface area (Å²) in [5, 5.41) is 22.5. The van der Waals surface area contributed by atoms with E-state index in [0.717, 1.165) is 16.4 Å². The molecule has 0 radical (unpaired) electrons. The van der Waals surface area contributed by atoms with Gasteiger partial charge in [0.1, 0.15) is 5.76 Å². The number of sulfonamides is 1. The Balaban J connectivity index is 2.18. The number of nitro groups is 1. The molecule has 10 heteroatoms.